The average molecular weight is 297 g/mol. The van der Waals surface area contributed by atoms with Crippen LogP contribution in [0.2, 0.25) is 0 Å². The van der Waals surface area contributed by atoms with Gasteiger partial charge in [-0.3, -0.25) is 9.36 Å². The molecule has 0 spiro atoms. The summed E-state index contributed by atoms with van der Waals surface area (Å²) in [5.41, 5.74) is 8.78. The van der Waals surface area contributed by atoms with E-state index in [2.05, 4.69) is 5.32 Å². The fourth-order valence-corrected chi connectivity index (χ4v) is 2.36. The van der Waals surface area contributed by atoms with Gasteiger partial charge in [0.25, 0.3) is 0 Å². The third-order valence-corrected chi connectivity index (χ3v) is 3.32. The van der Waals surface area contributed by atoms with E-state index in [0.29, 0.717) is 22.5 Å². The number of carbonyl (C=O) groups is 1. The zero-order valence-corrected chi connectivity index (χ0v) is 12.0. The molecule has 3 rings (SSSR count). The van der Waals surface area contributed by atoms with Crippen LogP contribution in [0.15, 0.2) is 51.7 Å². The Bertz CT molecular complexity index is 908. The van der Waals surface area contributed by atoms with Crippen molar-refractivity contribution in [2.75, 3.05) is 11.1 Å². The predicted molar refractivity (Wildman–Crippen MR) is 84.7 cm³/mol. The number of nitrogens with one attached hydrogen (secondary N) is 1. The minimum absolute atomic E-state index is 0.159. The number of oxazole rings is 1. The number of aryl methyl sites for hydroxylation is 1. The molecule has 0 saturated carbocycles. The summed E-state index contributed by atoms with van der Waals surface area (Å²) in [5, 5.41) is 2.75. The van der Waals surface area contributed by atoms with E-state index in [-0.39, 0.29) is 12.5 Å². The number of nitrogens with zero attached hydrogens (tertiary/aromatic N) is 1. The molecule has 0 unspecified atom stereocenters. The Hall–Kier alpha value is -3.02. The number of nitrogen functional groups attached to an aromatic ring is 1. The SMILES string of the molecule is Cc1cccc(NC(=O)Cn2c(=O)oc3cccc(N)c32)c1. The van der Waals surface area contributed by atoms with Gasteiger partial charge in [-0.05, 0) is 36.8 Å². The molecular weight excluding hydrogens is 282 g/mol. The van der Waals surface area contributed by atoms with Gasteiger partial charge in [-0.15, -0.1) is 0 Å². The molecule has 22 heavy (non-hydrogen) atoms. The van der Waals surface area contributed by atoms with Crippen LogP contribution in [-0.2, 0) is 11.3 Å². The molecule has 112 valence electrons. The number of anilines is 2. The first-order valence-electron chi connectivity index (χ1n) is 6.79. The second-order valence-electron chi connectivity index (χ2n) is 5.07. The van der Waals surface area contributed by atoms with Crippen LogP contribution in [0, 0.1) is 6.92 Å². The highest BCUT2D eigenvalue weighted by Crippen LogP contribution is 2.19. The predicted octanol–water partition coefficient (Wildman–Crippen LogP) is 2.12. The summed E-state index contributed by atoms with van der Waals surface area (Å²) in [6.07, 6.45) is 0. The lowest BCUT2D eigenvalue weighted by Gasteiger charge is -2.07. The summed E-state index contributed by atoms with van der Waals surface area (Å²) in [6, 6.07) is 12.4. The van der Waals surface area contributed by atoms with Gasteiger partial charge in [0.05, 0.1) is 5.69 Å². The molecule has 6 heteroatoms. The van der Waals surface area contributed by atoms with E-state index < -0.39 is 5.76 Å². The first-order valence-corrected chi connectivity index (χ1v) is 6.79. The van der Waals surface area contributed by atoms with Gasteiger partial charge in [0.15, 0.2) is 5.58 Å². The first kappa shape index (κ1) is 13.9. The number of para-hydroxylation sites is 1. The van der Waals surface area contributed by atoms with Crippen LogP contribution in [-0.4, -0.2) is 10.5 Å². The van der Waals surface area contributed by atoms with Crippen molar-refractivity contribution in [3.63, 3.8) is 0 Å². The molecule has 1 heterocycles. The van der Waals surface area contributed by atoms with Gasteiger partial charge in [-0.2, -0.15) is 0 Å². The Morgan fingerprint density at radius 2 is 2.05 bits per heavy atom. The maximum Gasteiger partial charge on any atom is 0.420 e. The lowest BCUT2D eigenvalue weighted by molar-refractivity contribution is -0.116. The Labute approximate surface area is 126 Å². The Balaban J connectivity index is 1.88. The van der Waals surface area contributed by atoms with E-state index in [1.165, 1.54) is 4.57 Å². The van der Waals surface area contributed by atoms with Gasteiger partial charge in [0.1, 0.15) is 12.1 Å². The molecule has 2 aromatic carbocycles. The van der Waals surface area contributed by atoms with Gasteiger partial charge in [-0.25, -0.2) is 4.79 Å². The van der Waals surface area contributed by atoms with Gasteiger partial charge >= 0.3 is 5.76 Å². The highest BCUT2D eigenvalue weighted by Gasteiger charge is 2.14. The largest absolute Gasteiger partial charge is 0.420 e. The van der Waals surface area contributed by atoms with Crippen molar-refractivity contribution >= 4 is 28.4 Å². The Morgan fingerprint density at radius 3 is 2.82 bits per heavy atom. The summed E-state index contributed by atoms with van der Waals surface area (Å²) in [7, 11) is 0. The number of carbonyl (C=O) groups excluding carboxylic acids is 1. The molecule has 1 aromatic heterocycles. The molecule has 0 atom stereocenters. The number of amides is 1. The molecule has 3 aromatic rings. The fourth-order valence-electron chi connectivity index (χ4n) is 2.36. The number of hydrogen-bond acceptors (Lipinski definition) is 4. The number of aromatic nitrogens is 1. The third-order valence-electron chi connectivity index (χ3n) is 3.32. The quantitative estimate of drug-likeness (QED) is 0.725. The molecule has 0 saturated heterocycles. The number of rotatable bonds is 3. The monoisotopic (exact) mass is 297 g/mol. The van der Waals surface area contributed by atoms with Crippen LogP contribution in [0.3, 0.4) is 0 Å². The Morgan fingerprint density at radius 1 is 1.27 bits per heavy atom. The van der Waals surface area contributed by atoms with E-state index in [1.54, 1.807) is 24.3 Å². The second-order valence-corrected chi connectivity index (χ2v) is 5.07. The fraction of sp³-hybridized carbons (Fsp3) is 0.125. The zero-order valence-electron chi connectivity index (χ0n) is 12.0. The molecule has 0 radical (unpaired) electrons. The van der Waals surface area contributed by atoms with Crippen molar-refractivity contribution < 1.29 is 9.21 Å². The summed E-state index contributed by atoms with van der Waals surface area (Å²) in [5.74, 6) is -0.925. The summed E-state index contributed by atoms with van der Waals surface area (Å²) in [4.78, 5) is 24.0. The molecule has 0 fully saturated rings. The standard InChI is InChI=1S/C16H15N3O3/c1-10-4-2-5-11(8-10)18-14(20)9-19-15-12(17)6-3-7-13(15)22-16(19)21/h2-8H,9,17H2,1H3,(H,18,20). The third kappa shape index (κ3) is 2.58. The molecule has 3 N–H and O–H groups in total. The number of nitrogens with two attached hydrogens (primary N) is 1. The first-order chi connectivity index (χ1) is 10.5. The van der Waals surface area contributed by atoms with Crippen LogP contribution in [0.1, 0.15) is 5.56 Å². The minimum atomic E-state index is -0.604. The molecule has 1 amide bonds. The van der Waals surface area contributed by atoms with Crippen molar-refractivity contribution in [3.05, 3.63) is 58.6 Å². The highest BCUT2D eigenvalue weighted by molar-refractivity contribution is 5.93. The van der Waals surface area contributed by atoms with Crippen LogP contribution in [0.4, 0.5) is 11.4 Å². The van der Waals surface area contributed by atoms with Gasteiger partial charge < -0.3 is 15.5 Å². The second kappa shape index (κ2) is 5.40. The normalized spacial score (nSPS) is 10.8. The van der Waals surface area contributed by atoms with Crippen LogP contribution >= 0.6 is 0 Å². The van der Waals surface area contributed by atoms with E-state index in [9.17, 15) is 9.59 Å². The maximum absolute atomic E-state index is 12.1. The lowest BCUT2D eigenvalue weighted by Crippen LogP contribution is -2.25. The molecule has 0 aliphatic rings. The molecule has 0 aliphatic carbocycles. The molecule has 6 nitrogen and oxygen atoms in total. The Kier molecular flexibility index (Phi) is 3.42. The van der Waals surface area contributed by atoms with Crippen LogP contribution in [0.5, 0.6) is 0 Å². The lowest BCUT2D eigenvalue weighted by atomic mass is 10.2. The van der Waals surface area contributed by atoms with E-state index >= 15 is 0 Å². The van der Waals surface area contributed by atoms with Crippen molar-refractivity contribution in [2.45, 2.75) is 13.5 Å². The van der Waals surface area contributed by atoms with Crippen molar-refractivity contribution in [3.8, 4) is 0 Å². The van der Waals surface area contributed by atoms with Gasteiger partial charge in [-0.1, -0.05) is 18.2 Å². The number of fused-ring (bicyclic) bond motifs is 1. The van der Waals surface area contributed by atoms with Crippen LogP contribution in [0.25, 0.3) is 11.1 Å². The maximum atomic E-state index is 12.1. The minimum Gasteiger partial charge on any atom is -0.408 e. The van der Waals surface area contributed by atoms with Crippen molar-refractivity contribution in [1.29, 1.82) is 0 Å². The highest BCUT2D eigenvalue weighted by atomic mass is 16.4. The number of benzene rings is 2. The summed E-state index contributed by atoms with van der Waals surface area (Å²) in [6.45, 7) is 1.78. The number of hydrogen-bond donors (Lipinski definition) is 2. The molecule has 0 aliphatic heterocycles. The molecular formula is C16H15N3O3. The van der Waals surface area contributed by atoms with E-state index in [4.69, 9.17) is 10.2 Å². The summed E-state index contributed by atoms with van der Waals surface area (Å²) >= 11 is 0. The van der Waals surface area contributed by atoms with Crippen molar-refractivity contribution in [2.24, 2.45) is 0 Å². The topological polar surface area (TPSA) is 90.3 Å². The van der Waals surface area contributed by atoms with Gasteiger partial charge in [0, 0.05) is 5.69 Å². The van der Waals surface area contributed by atoms with Gasteiger partial charge in [0.2, 0.25) is 5.91 Å². The van der Waals surface area contributed by atoms with E-state index in [1.807, 2.05) is 25.1 Å². The van der Waals surface area contributed by atoms with E-state index in [0.717, 1.165) is 5.56 Å². The molecule has 0 bridgehead atoms. The zero-order chi connectivity index (χ0) is 15.7. The van der Waals surface area contributed by atoms with Crippen LogP contribution < -0.4 is 16.8 Å². The average Bonchev–Trinajstić information content (AvgIpc) is 2.76. The smallest absolute Gasteiger partial charge is 0.408 e. The summed E-state index contributed by atoms with van der Waals surface area (Å²) < 4.78 is 6.33. The van der Waals surface area contributed by atoms with Crippen molar-refractivity contribution in [1.82, 2.24) is 4.57 Å².